The molecule has 0 saturated heterocycles. The number of benzene rings is 1. The summed E-state index contributed by atoms with van der Waals surface area (Å²) in [5, 5.41) is 2.97. The van der Waals surface area contributed by atoms with Crippen LogP contribution in [0.4, 0.5) is 5.69 Å². The summed E-state index contributed by atoms with van der Waals surface area (Å²) in [6.45, 7) is 4.16. The molecule has 0 bridgehead atoms. The Kier molecular flexibility index (Phi) is 4.31. The zero-order valence-electron chi connectivity index (χ0n) is 11.5. The molecule has 19 heavy (non-hydrogen) atoms. The number of amides is 1. The van der Waals surface area contributed by atoms with E-state index in [0.717, 1.165) is 35.0 Å². The van der Waals surface area contributed by atoms with E-state index in [1.54, 1.807) is 0 Å². The Morgan fingerprint density at radius 2 is 2.26 bits per heavy atom. The van der Waals surface area contributed by atoms with Gasteiger partial charge in [0.2, 0.25) is 5.91 Å². The summed E-state index contributed by atoms with van der Waals surface area (Å²) < 4.78 is 0.927. The van der Waals surface area contributed by atoms with Gasteiger partial charge in [0.15, 0.2) is 0 Å². The van der Waals surface area contributed by atoms with Crippen LogP contribution in [0, 0.1) is 12.8 Å². The average Bonchev–Trinajstić information content (AvgIpc) is 2.34. The lowest BCUT2D eigenvalue weighted by Crippen LogP contribution is -2.53. The summed E-state index contributed by atoms with van der Waals surface area (Å²) in [4.78, 5) is 12.4. The molecule has 0 radical (unpaired) electrons. The Morgan fingerprint density at radius 1 is 1.53 bits per heavy atom. The maximum Gasteiger partial charge on any atom is 0.244 e. The maximum atomic E-state index is 12.4. The Bertz CT molecular complexity index is 489. The van der Waals surface area contributed by atoms with Crippen LogP contribution < -0.4 is 11.1 Å². The van der Waals surface area contributed by atoms with Crippen LogP contribution in [0.1, 0.15) is 38.2 Å². The summed E-state index contributed by atoms with van der Waals surface area (Å²) in [6, 6.07) is 5.83. The minimum absolute atomic E-state index is 0.0645. The number of hydrogen-bond acceptors (Lipinski definition) is 2. The van der Waals surface area contributed by atoms with E-state index < -0.39 is 5.54 Å². The van der Waals surface area contributed by atoms with Crippen LogP contribution in [-0.4, -0.2) is 11.4 Å². The van der Waals surface area contributed by atoms with Crippen LogP contribution >= 0.6 is 15.9 Å². The lowest BCUT2D eigenvalue weighted by atomic mass is 9.76. The van der Waals surface area contributed by atoms with E-state index in [9.17, 15) is 4.79 Å². The molecule has 2 unspecified atom stereocenters. The number of hydrogen-bond donors (Lipinski definition) is 2. The van der Waals surface area contributed by atoms with Crippen LogP contribution in [0.3, 0.4) is 0 Å². The van der Waals surface area contributed by atoms with E-state index in [0.29, 0.717) is 5.92 Å². The molecule has 0 spiro atoms. The molecular weight excluding hydrogens is 304 g/mol. The van der Waals surface area contributed by atoms with Gasteiger partial charge < -0.3 is 11.1 Å². The van der Waals surface area contributed by atoms with Crippen molar-refractivity contribution in [3.05, 3.63) is 28.2 Å². The minimum atomic E-state index is -0.721. The van der Waals surface area contributed by atoms with Gasteiger partial charge in [-0.05, 0) is 53.2 Å². The molecule has 0 aromatic heterocycles. The molecule has 0 heterocycles. The molecule has 2 rings (SSSR count). The second-order valence-corrected chi connectivity index (χ2v) is 6.54. The van der Waals surface area contributed by atoms with Gasteiger partial charge in [0.05, 0.1) is 11.2 Å². The van der Waals surface area contributed by atoms with Crippen molar-refractivity contribution >= 4 is 27.5 Å². The number of anilines is 1. The van der Waals surface area contributed by atoms with E-state index in [2.05, 4.69) is 28.2 Å². The topological polar surface area (TPSA) is 55.1 Å². The Labute approximate surface area is 123 Å². The summed E-state index contributed by atoms with van der Waals surface area (Å²) in [7, 11) is 0. The predicted molar refractivity (Wildman–Crippen MR) is 82.1 cm³/mol. The molecule has 2 atom stereocenters. The van der Waals surface area contributed by atoms with Crippen molar-refractivity contribution in [3.63, 3.8) is 0 Å². The van der Waals surface area contributed by atoms with Crippen LogP contribution in [-0.2, 0) is 4.79 Å². The fraction of sp³-hybridized carbons (Fsp3) is 0.533. The highest BCUT2D eigenvalue weighted by Crippen LogP contribution is 2.32. The number of halogens is 1. The normalized spacial score (nSPS) is 27.1. The fourth-order valence-electron chi connectivity index (χ4n) is 2.79. The molecular formula is C15H21BrN2O. The van der Waals surface area contributed by atoms with Gasteiger partial charge in [-0.2, -0.15) is 0 Å². The van der Waals surface area contributed by atoms with Gasteiger partial charge >= 0.3 is 0 Å². The lowest BCUT2D eigenvalue weighted by molar-refractivity contribution is -0.122. The van der Waals surface area contributed by atoms with Crippen LogP contribution in [0.15, 0.2) is 22.7 Å². The number of carbonyl (C=O) groups excluding carboxylic acids is 1. The van der Waals surface area contributed by atoms with Crippen molar-refractivity contribution in [1.29, 1.82) is 0 Å². The zero-order valence-corrected chi connectivity index (χ0v) is 13.1. The molecule has 104 valence electrons. The molecule has 1 aromatic rings. The van der Waals surface area contributed by atoms with E-state index in [1.165, 1.54) is 6.42 Å². The van der Waals surface area contributed by atoms with E-state index in [1.807, 2.05) is 25.1 Å². The molecule has 0 aliphatic heterocycles. The van der Waals surface area contributed by atoms with E-state index in [4.69, 9.17) is 5.73 Å². The second kappa shape index (κ2) is 5.63. The Morgan fingerprint density at radius 3 is 2.95 bits per heavy atom. The van der Waals surface area contributed by atoms with Crippen molar-refractivity contribution < 1.29 is 4.79 Å². The smallest absolute Gasteiger partial charge is 0.244 e. The third-order valence-electron chi connectivity index (χ3n) is 3.92. The number of rotatable bonds is 2. The van der Waals surface area contributed by atoms with E-state index in [-0.39, 0.29) is 5.91 Å². The number of aryl methyl sites for hydroxylation is 1. The molecule has 1 amide bonds. The molecule has 1 saturated carbocycles. The highest BCUT2D eigenvalue weighted by molar-refractivity contribution is 9.10. The first kappa shape index (κ1) is 14.5. The Hall–Kier alpha value is -0.870. The monoisotopic (exact) mass is 324 g/mol. The van der Waals surface area contributed by atoms with Gasteiger partial charge in [-0.1, -0.05) is 31.9 Å². The number of nitrogens with two attached hydrogens (primary N) is 1. The highest BCUT2D eigenvalue weighted by atomic mass is 79.9. The summed E-state index contributed by atoms with van der Waals surface area (Å²) in [5.74, 6) is 0.454. The van der Waals surface area contributed by atoms with Gasteiger partial charge in [-0.3, -0.25) is 4.79 Å². The molecule has 1 aliphatic carbocycles. The first-order valence-electron chi connectivity index (χ1n) is 6.78. The van der Waals surface area contributed by atoms with Crippen LogP contribution in [0.25, 0.3) is 0 Å². The molecule has 1 aromatic carbocycles. The zero-order chi connectivity index (χ0) is 14.0. The first-order chi connectivity index (χ1) is 8.92. The molecule has 1 fully saturated rings. The molecule has 3 nitrogen and oxygen atoms in total. The predicted octanol–water partition coefficient (Wildman–Crippen LogP) is 3.60. The molecule has 4 heteroatoms. The quantitative estimate of drug-likeness (QED) is 0.873. The lowest BCUT2D eigenvalue weighted by Gasteiger charge is -2.35. The van der Waals surface area contributed by atoms with Crippen LogP contribution in [0.2, 0.25) is 0 Å². The van der Waals surface area contributed by atoms with Crippen molar-refractivity contribution in [3.8, 4) is 0 Å². The van der Waals surface area contributed by atoms with Gasteiger partial charge in [0.1, 0.15) is 0 Å². The number of carbonyl (C=O) groups is 1. The molecule has 3 N–H and O–H groups in total. The van der Waals surface area contributed by atoms with Crippen LogP contribution in [0.5, 0.6) is 0 Å². The van der Waals surface area contributed by atoms with Gasteiger partial charge in [0.25, 0.3) is 0 Å². The van der Waals surface area contributed by atoms with Crippen molar-refractivity contribution in [2.45, 2.75) is 45.1 Å². The van der Waals surface area contributed by atoms with Crippen molar-refractivity contribution in [2.24, 2.45) is 11.7 Å². The maximum absolute atomic E-state index is 12.4. The second-order valence-electron chi connectivity index (χ2n) is 5.75. The standard InChI is InChI=1S/C15H21BrN2O/c1-10-5-4-8-15(17,9-10)14(19)18-12-7-3-6-11(2)13(12)16/h3,6-7,10H,4-5,8-9,17H2,1-2H3,(H,18,19). The highest BCUT2D eigenvalue weighted by Gasteiger charge is 2.38. The Balaban J connectivity index is 2.14. The SMILES string of the molecule is Cc1cccc(NC(=O)C2(N)CCCC(C)C2)c1Br. The van der Waals surface area contributed by atoms with E-state index >= 15 is 0 Å². The first-order valence-corrected chi connectivity index (χ1v) is 7.57. The summed E-state index contributed by atoms with van der Waals surface area (Å²) >= 11 is 3.51. The number of nitrogens with one attached hydrogen (secondary N) is 1. The van der Waals surface area contributed by atoms with Crippen molar-refractivity contribution in [1.82, 2.24) is 0 Å². The van der Waals surface area contributed by atoms with Gasteiger partial charge in [-0.25, -0.2) is 0 Å². The van der Waals surface area contributed by atoms with Gasteiger partial charge in [0, 0.05) is 4.47 Å². The third kappa shape index (κ3) is 3.18. The average molecular weight is 325 g/mol. The fourth-order valence-corrected chi connectivity index (χ4v) is 3.15. The summed E-state index contributed by atoms with van der Waals surface area (Å²) in [6.07, 6.45) is 3.73. The third-order valence-corrected chi connectivity index (χ3v) is 4.98. The van der Waals surface area contributed by atoms with Crippen molar-refractivity contribution in [2.75, 3.05) is 5.32 Å². The minimum Gasteiger partial charge on any atom is -0.323 e. The molecule has 1 aliphatic rings. The summed E-state index contributed by atoms with van der Waals surface area (Å²) in [5.41, 5.74) is 7.48. The van der Waals surface area contributed by atoms with Gasteiger partial charge in [-0.15, -0.1) is 0 Å². The largest absolute Gasteiger partial charge is 0.323 e.